The molecule has 4 aromatic rings. The number of aryl methyl sites for hydroxylation is 2. The molecule has 0 spiro atoms. The van der Waals surface area contributed by atoms with Crippen molar-refractivity contribution in [3.8, 4) is 58.0 Å². The maximum Gasteiger partial charge on any atom is 0.351 e. The summed E-state index contributed by atoms with van der Waals surface area (Å²) in [6, 6.07) is 15.5. The van der Waals surface area contributed by atoms with E-state index in [4.69, 9.17) is 43.0 Å². The molecule has 0 unspecified atom stereocenters. The maximum atomic E-state index is 12.5. The third-order valence-corrected chi connectivity index (χ3v) is 9.70. The largest absolute Gasteiger partial charge is 0.475 e. The van der Waals surface area contributed by atoms with Crippen LogP contribution in [0.25, 0.3) is 22.5 Å². The Kier molecular flexibility index (Phi) is 14.3. The van der Waals surface area contributed by atoms with Gasteiger partial charge in [-0.25, -0.2) is 9.59 Å². The molecule has 4 aliphatic rings. The van der Waals surface area contributed by atoms with Crippen LogP contribution >= 0.6 is 0 Å². The number of ether oxygens (including phenoxy) is 8. The highest BCUT2D eigenvalue weighted by atomic mass is 16.6. The molecule has 0 saturated carbocycles. The molecular weight excluding hydrogens is 748 g/mol. The van der Waals surface area contributed by atoms with E-state index in [1.807, 2.05) is 36.4 Å². The van der Waals surface area contributed by atoms with Gasteiger partial charge in [0.05, 0.1) is 64.2 Å². The Morgan fingerprint density at radius 3 is 1.74 bits per heavy atom. The van der Waals surface area contributed by atoms with Crippen molar-refractivity contribution in [1.29, 1.82) is 0 Å². The van der Waals surface area contributed by atoms with Gasteiger partial charge in [-0.1, -0.05) is 35.8 Å². The van der Waals surface area contributed by atoms with Crippen molar-refractivity contribution >= 4 is 0 Å². The first-order valence-corrected chi connectivity index (χ1v) is 19.3. The number of nitrogens with zero attached hydrogens (tertiary/aromatic N) is 4. The number of aromatic nitrogens is 4. The fourth-order valence-electron chi connectivity index (χ4n) is 6.88. The highest BCUT2D eigenvalue weighted by molar-refractivity contribution is 5.69. The van der Waals surface area contributed by atoms with Gasteiger partial charge in [0, 0.05) is 54.6 Å². The van der Waals surface area contributed by atoms with Gasteiger partial charge in [0.1, 0.15) is 38.6 Å². The van der Waals surface area contributed by atoms with Crippen LogP contribution in [0.3, 0.4) is 0 Å². The number of benzene rings is 2. The summed E-state index contributed by atoms with van der Waals surface area (Å²) >= 11 is 0. The Bertz CT molecular complexity index is 2290. The lowest BCUT2D eigenvalue weighted by molar-refractivity contribution is -0.102. The molecular formula is C43H46N4O11. The summed E-state index contributed by atoms with van der Waals surface area (Å²) in [5.41, 5.74) is 6.95. The van der Waals surface area contributed by atoms with E-state index in [2.05, 4.69) is 39.7 Å². The van der Waals surface area contributed by atoms with Crippen LogP contribution < -0.4 is 20.9 Å². The number of hydrogen-bond acceptors (Lipinski definition) is 13. The van der Waals surface area contributed by atoms with Crippen molar-refractivity contribution in [1.82, 2.24) is 19.1 Å². The molecule has 58 heavy (non-hydrogen) atoms. The summed E-state index contributed by atoms with van der Waals surface area (Å²) in [6.07, 6.45) is 1.17. The zero-order chi connectivity index (χ0) is 40.1. The van der Waals surface area contributed by atoms with Crippen molar-refractivity contribution in [2.24, 2.45) is 0 Å². The second-order valence-corrected chi connectivity index (χ2v) is 13.6. The molecule has 1 N–H and O–H groups in total. The molecule has 304 valence electrons. The van der Waals surface area contributed by atoms with Gasteiger partial charge >= 0.3 is 11.4 Å². The molecule has 2 fully saturated rings. The van der Waals surface area contributed by atoms with E-state index in [0.717, 1.165) is 57.6 Å². The third kappa shape index (κ3) is 10.6. The molecule has 2 saturated heterocycles. The van der Waals surface area contributed by atoms with Crippen molar-refractivity contribution in [3.05, 3.63) is 91.8 Å². The molecule has 0 radical (unpaired) electrons. The summed E-state index contributed by atoms with van der Waals surface area (Å²) in [6.45, 7) is 6.24. The van der Waals surface area contributed by atoms with Crippen molar-refractivity contribution < 1.29 is 43.0 Å². The minimum absolute atomic E-state index is 0.152. The first kappa shape index (κ1) is 40.8. The van der Waals surface area contributed by atoms with Crippen molar-refractivity contribution in [2.75, 3.05) is 86.4 Å². The monoisotopic (exact) mass is 794 g/mol. The number of rotatable bonds is 10. The highest BCUT2D eigenvalue weighted by Gasteiger charge is 2.23. The standard InChI is InChI=1S/C23H26N2O6.C20H20N2O5/c1-27-9-10-28-8-2-3-17-4-5-20-18(13-17)6-7-25-21(20)14-22(24-23(25)26)31-16-19-15-29-11-12-30-19;23-7-1-2-14-3-4-17-15(10-14)5-6-22-18(17)11-19(21-20(22)24)27-13-16-12-25-8-9-26-16/h4-5,13-14,19H,6-12,15-16H2,1H3;3-4,10-11,16,23H,5-9,12-13H2/t19-;16-/m00/s1. The van der Waals surface area contributed by atoms with E-state index in [1.54, 1.807) is 22.3 Å². The maximum absolute atomic E-state index is 12.5. The fraction of sp³-hybridized carbons (Fsp3) is 0.442. The Morgan fingerprint density at radius 2 is 1.26 bits per heavy atom. The number of methoxy groups -OCH3 is 1. The molecule has 8 rings (SSSR count). The van der Waals surface area contributed by atoms with Gasteiger partial charge in [0.2, 0.25) is 11.8 Å². The fourth-order valence-corrected chi connectivity index (χ4v) is 6.88. The normalized spacial score (nSPS) is 17.6. The van der Waals surface area contributed by atoms with E-state index < -0.39 is 0 Å². The number of fused-ring (bicyclic) bond motifs is 6. The van der Waals surface area contributed by atoms with Gasteiger partial charge in [-0.05, 0) is 48.2 Å². The Morgan fingerprint density at radius 1 is 0.724 bits per heavy atom. The lowest BCUT2D eigenvalue weighted by atomic mass is 9.95. The first-order valence-electron chi connectivity index (χ1n) is 19.3. The van der Waals surface area contributed by atoms with Gasteiger partial charge in [0.25, 0.3) is 0 Å². The predicted molar refractivity (Wildman–Crippen MR) is 211 cm³/mol. The predicted octanol–water partition coefficient (Wildman–Crippen LogP) is 1.88. The van der Waals surface area contributed by atoms with Crippen LogP contribution in [0.2, 0.25) is 0 Å². The second-order valence-electron chi connectivity index (χ2n) is 13.6. The molecule has 15 nitrogen and oxygen atoms in total. The average molecular weight is 795 g/mol. The Labute approximate surface area is 335 Å². The second kappa shape index (κ2) is 20.4. The summed E-state index contributed by atoms with van der Waals surface area (Å²) in [5, 5.41) is 8.85. The quantitative estimate of drug-likeness (QED) is 0.183. The molecule has 2 aromatic carbocycles. The van der Waals surface area contributed by atoms with Gasteiger partial charge in [0.15, 0.2) is 0 Å². The van der Waals surface area contributed by atoms with Gasteiger partial charge in [-0.2, -0.15) is 9.97 Å². The van der Waals surface area contributed by atoms with Crippen molar-refractivity contribution in [2.45, 2.75) is 38.1 Å². The van der Waals surface area contributed by atoms with E-state index in [9.17, 15) is 9.59 Å². The van der Waals surface area contributed by atoms with Crippen LogP contribution in [-0.4, -0.2) is 123 Å². The first-order chi connectivity index (χ1) is 28.5. The number of aliphatic hydroxyl groups is 1. The summed E-state index contributed by atoms with van der Waals surface area (Å²) in [4.78, 5) is 33.1. The average Bonchev–Trinajstić information content (AvgIpc) is 3.26. The van der Waals surface area contributed by atoms with Crippen LogP contribution in [0.1, 0.15) is 22.3 Å². The van der Waals surface area contributed by atoms with E-state index >= 15 is 0 Å². The molecule has 4 aliphatic heterocycles. The lowest BCUT2D eigenvalue weighted by Crippen LogP contribution is -2.34. The van der Waals surface area contributed by atoms with E-state index in [1.165, 1.54) is 0 Å². The van der Waals surface area contributed by atoms with Crippen LogP contribution in [0.15, 0.2) is 58.1 Å². The third-order valence-electron chi connectivity index (χ3n) is 9.70. The minimum atomic E-state index is -0.321. The minimum Gasteiger partial charge on any atom is -0.475 e. The van der Waals surface area contributed by atoms with Crippen molar-refractivity contribution in [3.63, 3.8) is 0 Å². The molecule has 0 aliphatic carbocycles. The van der Waals surface area contributed by atoms with Crippen LogP contribution in [-0.2, 0) is 54.4 Å². The Balaban J connectivity index is 0.000000178. The van der Waals surface area contributed by atoms with Crippen LogP contribution in [0.5, 0.6) is 11.8 Å². The summed E-state index contributed by atoms with van der Waals surface area (Å²) < 4.78 is 47.0. The molecule has 2 atom stereocenters. The van der Waals surface area contributed by atoms with Gasteiger partial charge in [-0.3, -0.25) is 9.13 Å². The molecule has 6 heterocycles. The van der Waals surface area contributed by atoms with E-state index in [0.29, 0.717) is 91.6 Å². The molecule has 15 heteroatoms. The molecule has 2 aromatic heterocycles. The van der Waals surface area contributed by atoms with Gasteiger partial charge < -0.3 is 43.0 Å². The zero-order valence-corrected chi connectivity index (χ0v) is 32.4. The zero-order valence-electron chi connectivity index (χ0n) is 32.4. The van der Waals surface area contributed by atoms with Crippen LogP contribution in [0, 0.1) is 23.7 Å². The highest BCUT2D eigenvalue weighted by Crippen LogP contribution is 2.32. The topological polar surface area (TPSA) is 164 Å². The van der Waals surface area contributed by atoms with Gasteiger partial charge in [-0.15, -0.1) is 0 Å². The number of hydrogen-bond donors (Lipinski definition) is 1. The van der Waals surface area contributed by atoms with E-state index in [-0.39, 0.29) is 36.1 Å². The Hall–Kier alpha value is -5.36. The summed E-state index contributed by atoms with van der Waals surface area (Å²) in [7, 11) is 1.64. The summed E-state index contributed by atoms with van der Waals surface area (Å²) in [5.74, 6) is 12.3. The smallest absolute Gasteiger partial charge is 0.351 e. The SMILES string of the molecule is COCCOCC#Cc1ccc2c(c1)CCn1c-2cc(OC[C@@H]2COCCO2)nc1=O.O=c1nc(OC[C@@H]2COCCO2)cc2n1CCc1cc(C#CCO)ccc1-2. The molecule has 0 bridgehead atoms. The van der Waals surface area contributed by atoms with Crippen LogP contribution in [0.4, 0.5) is 0 Å². The molecule has 0 amide bonds. The lowest BCUT2D eigenvalue weighted by Gasteiger charge is -2.24. The number of aliphatic hydroxyl groups excluding tert-OH is 1.